The van der Waals surface area contributed by atoms with Crippen LogP contribution in [0, 0.1) is 17.0 Å². The monoisotopic (exact) mass is 327 g/mol. The fourth-order valence-electron chi connectivity index (χ4n) is 2.32. The van der Waals surface area contributed by atoms with Crippen LogP contribution in [0.4, 0.5) is 11.4 Å². The number of nitrogens with one attached hydrogen (secondary N) is 2. The van der Waals surface area contributed by atoms with E-state index in [0.29, 0.717) is 11.3 Å². The van der Waals surface area contributed by atoms with Crippen LogP contribution >= 0.6 is 0 Å². The highest BCUT2D eigenvalue weighted by Gasteiger charge is 2.22. The number of nitro groups is 1. The number of para-hydroxylation sites is 1. The van der Waals surface area contributed by atoms with Gasteiger partial charge in [0, 0.05) is 24.7 Å². The summed E-state index contributed by atoms with van der Waals surface area (Å²) in [5.74, 6) is -0.707. The van der Waals surface area contributed by atoms with Gasteiger partial charge in [-0.3, -0.25) is 19.7 Å². The number of benzene rings is 2. The van der Waals surface area contributed by atoms with Crippen LogP contribution in [0.3, 0.4) is 0 Å². The summed E-state index contributed by atoms with van der Waals surface area (Å²) in [5.41, 5.74) is 1.65. The predicted octanol–water partition coefficient (Wildman–Crippen LogP) is 2.79. The molecule has 0 saturated heterocycles. The number of hydrogen-bond donors (Lipinski definition) is 2. The first kappa shape index (κ1) is 17.1. The summed E-state index contributed by atoms with van der Waals surface area (Å²) in [5, 5.41) is 16.5. The van der Waals surface area contributed by atoms with E-state index in [9.17, 15) is 19.7 Å². The second-order valence-electron chi connectivity index (χ2n) is 5.29. The van der Waals surface area contributed by atoms with Crippen molar-refractivity contribution in [1.29, 1.82) is 0 Å². The van der Waals surface area contributed by atoms with Crippen LogP contribution in [0.2, 0.25) is 0 Å². The van der Waals surface area contributed by atoms with Crippen LogP contribution in [-0.2, 0) is 11.3 Å². The van der Waals surface area contributed by atoms with Crippen LogP contribution in [0.1, 0.15) is 28.4 Å². The first-order valence-electron chi connectivity index (χ1n) is 7.27. The molecule has 0 saturated carbocycles. The Morgan fingerprint density at radius 2 is 1.88 bits per heavy atom. The minimum atomic E-state index is -0.554. The molecule has 0 unspecified atom stereocenters. The molecule has 0 aliphatic heterocycles. The first-order chi connectivity index (χ1) is 11.4. The van der Waals surface area contributed by atoms with Gasteiger partial charge in [-0.1, -0.05) is 24.3 Å². The first-order valence-corrected chi connectivity index (χ1v) is 7.27. The maximum absolute atomic E-state index is 12.3. The highest BCUT2D eigenvalue weighted by molar-refractivity contribution is 5.98. The van der Waals surface area contributed by atoms with Crippen LogP contribution in [0.15, 0.2) is 42.5 Å². The number of amides is 2. The Bertz CT molecular complexity index is 802. The Morgan fingerprint density at radius 1 is 1.17 bits per heavy atom. The van der Waals surface area contributed by atoms with Crippen molar-refractivity contribution in [3.8, 4) is 0 Å². The van der Waals surface area contributed by atoms with Gasteiger partial charge in [-0.05, 0) is 30.7 Å². The topological polar surface area (TPSA) is 101 Å². The van der Waals surface area contributed by atoms with E-state index in [0.717, 1.165) is 5.56 Å². The van der Waals surface area contributed by atoms with Gasteiger partial charge in [0.05, 0.1) is 4.92 Å². The fourth-order valence-corrected chi connectivity index (χ4v) is 2.32. The van der Waals surface area contributed by atoms with Crippen LogP contribution in [0.5, 0.6) is 0 Å². The number of carbonyl (C=O) groups is 2. The van der Waals surface area contributed by atoms with Gasteiger partial charge in [0.2, 0.25) is 5.91 Å². The molecule has 2 rings (SSSR count). The highest BCUT2D eigenvalue weighted by atomic mass is 16.6. The molecule has 2 N–H and O–H groups in total. The molecule has 0 bridgehead atoms. The van der Waals surface area contributed by atoms with Gasteiger partial charge in [-0.25, -0.2) is 0 Å². The van der Waals surface area contributed by atoms with Gasteiger partial charge in [0.1, 0.15) is 5.56 Å². The molecule has 7 nitrogen and oxygen atoms in total. The van der Waals surface area contributed by atoms with Gasteiger partial charge in [-0.2, -0.15) is 0 Å². The molecule has 0 aromatic heterocycles. The van der Waals surface area contributed by atoms with E-state index in [-0.39, 0.29) is 23.7 Å². The van der Waals surface area contributed by atoms with Gasteiger partial charge in [0.25, 0.3) is 11.6 Å². The summed E-state index contributed by atoms with van der Waals surface area (Å²) >= 11 is 0. The van der Waals surface area contributed by atoms with Gasteiger partial charge >= 0.3 is 0 Å². The number of nitrogens with zero attached hydrogens (tertiary/aromatic N) is 1. The third-order valence-corrected chi connectivity index (χ3v) is 3.37. The quantitative estimate of drug-likeness (QED) is 0.651. The maximum Gasteiger partial charge on any atom is 0.285 e. The molecule has 0 radical (unpaired) electrons. The van der Waals surface area contributed by atoms with E-state index in [1.54, 1.807) is 43.3 Å². The third-order valence-electron chi connectivity index (χ3n) is 3.37. The largest absolute Gasteiger partial charge is 0.348 e. The molecule has 0 aliphatic carbocycles. The SMILES string of the molecule is CC(=O)Nc1cccc(CNC(=O)c2cccc(C)c2[N+](=O)[O-])c1. The smallest absolute Gasteiger partial charge is 0.285 e. The van der Waals surface area contributed by atoms with Crippen LogP contribution in [-0.4, -0.2) is 16.7 Å². The van der Waals surface area contributed by atoms with Crippen molar-refractivity contribution in [3.05, 3.63) is 69.3 Å². The van der Waals surface area contributed by atoms with Crippen molar-refractivity contribution >= 4 is 23.2 Å². The molecule has 24 heavy (non-hydrogen) atoms. The Morgan fingerprint density at radius 3 is 2.54 bits per heavy atom. The average Bonchev–Trinajstić information content (AvgIpc) is 2.51. The standard InChI is InChI=1S/C17H17N3O4/c1-11-5-3-8-15(16(11)20(23)24)17(22)18-10-13-6-4-7-14(9-13)19-12(2)21/h3-9H,10H2,1-2H3,(H,18,22)(H,19,21). The van der Waals surface area contributed by atoms with Crippen molar-refractivity contribution in [2.75, 3.05) is 5.32 Å². The molecular weight excluding hydrogens is 310 g/mol. The van der Waals surface area contributed by atoms with E-state index >= 15 is 0 Å². The summed E-state index contributed by atoms with van der Waals surface area (Å²) in [4.78, 5) is 33.9. The molecule has 0 fully saturated rings. The molecule has 2 aromatic carbocycles. The molecule has 0 atom stereocenters. The van der Waals surface area contributed by atoms with Crippen molar-refractivity contribution < 1.29 is 14.5 Å². The lowest BCUT2D eigenvalue weighted by atomic mass is 10.1. The van der Waals surface area contributed by atoms with Crippen molar-refractivity contribution in [2.45, 2.75) is 20.4 Å². The highest BCUT2D eigenvalue weighted by Crippen LogP contribution is 2.23. The van der Waals surface area contributed by atoms with Crippen molar-refractivity contribution in [3.63, 3.8) is 0 Å². The van der Waals surface area contributed by atoms with Crippen LogP contribution in [0.25, 0.3) is 0 Å². The Balaban J connectivity index is 2.13. The summed E-state index contributed by atoms with van der Waals surface area (Å²) in [6.45, 7) is 3.19. The Labute approximate surface area is 138 Å². The number of aryl methyl sites for hydroxylation is 1. The van der Waals surface area contributed by atoms with E-state index in [2.05, 4.69) is 10.6 Å². The Kier molecular flexibility index (Phi) is 5.26. The summed E-state index contributed by atoms with van der Waals surface area (Å²) in [6.07, 6.45) is 0. The zero-order chi connectivity index (χ0) is 17.7. The lowest BCUT2D eigenvalue weighted by molar-refractivity contribution is -0.385. The molecule has 0 spiro atoms. The molecule has 124 valence electrons. The van der Waals surface area contributed by atoms with Gasteiger partial charge < -0.3 is 10.6 Å². The second-order valence-corrected chi connectivity index (χ2v) is 5.29. The second kappa shape index (κ2) is 7.36. The van der Waals surface area contributed by atoms with E-state index in [1.807, 2.05) is 0 Å². The number of rotatable bonds is 5. The van der Waals surface area contributed by atoms with Gasteiger partial charge in [0.15, 0.2) is 0 Å². The molecule has 2 amide bonds. The Hall–Kier alpha value is -3.22. The van der Waals surface area contributed by atoms with Gasteiger partial charge in [-0.15, -0.1) is 0 Å². The molecule has 2 aromatic rings. The lowest BCUT2D eigenvalue weighted by Gasteiger charge is -2.09. The number of hydrogen-bond acceptors (Lipinski definition) is 4. The summed E-state index contributed by atoms with van der Waals surface area (Å²) in [7, 11) is 0. The zero-order valence-electron chi connectivity index (χ0n) is 13.3. The van der Waals surface area contributed by atoms with Crippen molar-refractivity contribution in [2.24, 2.45) is 0 Å². The molecular formula is C17H17N3O4. The fraction of sp³-hybridized carbons (Fsp3) is 0.176. The maximum atomic E-state index is 12.3. The lowest BCUT2D eigenvalue weighted by Crippen LogP contribution is -2.24. The molecule has 0 heterocycles. The zero-order valence-corrected chi connectivity index (χ0v) is 13.3. The van der Waals surface area contributed by atoms with E-state index in [1.165, 1.54) is 13.0 Å². The van der Waals surface area contributed by atoms with E-state index in [4.69, 9.17) is 0 Å². The minimum absolute atomic E-state index is 0.0259. The summed E-state index contributed by atoms with van der Waals surface area (Å²) in [6, 6.07) is 11.6. The minimum Gasteiger partial charge on any atom is -0.348 e. The average molecular weight is 327 g/mol. The van der Waals surface area contributed by atoms with Crippen LogP contribution < -0.4 is 10.6 Å². The number of nitro benzene ring substituents is 1. The summed E-state index contributed by atoms with van der Waals surface area (Å²) < 4.78 is 0. The van der Waals surface area contributed by atoms with Crippen molar-refractivity contribution in [1.82, 2.24) is 5.32 Å². The normalized spacial score (nSPS) is 10.1. The number of anilines is 1. The molecule has 0 aliphatic rings. The molecule has 7 heteroatoms. The van der Waals surface area contributed by atoms with E-state index < -0.39 is 10.8 Å². The third kappa shape index (κ3) is 4.16. The number of carbonyl (C=O) groups excluding carboxylic acids is 2. The predicted molar refractivity (Wildman–Crippen MR) is 89.7 cm³/mol.